The van der Waals surface area contributed by atoms with Crippen LogP contribution in [0.2, 0.25) is 0 Å². The van der Waals surface area contributed by atoms with E-state index in [-0.39, 0.29) is 0 Å². The molecular weight excluding hydrogens is 254 g/mol. The number of hydrogen-bond acceptors (Lipinski definition) is 2. The molecule has 1 saturated carbocycles. The summed E-state index contributed by atoms with van der Waals surface area (Å²) in [7, 11) is 0. The van der Waals surface area contributed by atoms with E-state index in [0.29, 0.717) is 10.9 Å². The van der Waals surface area contributed by atoms with Gasteiger partial charge in [-0.25, -0.2) is 4.68 Å². The van der Waals surface area contributed by atoms with E-state index in [0.717, 1.165) is 11.6 Å². The Bertz CT molecular complexity index is 313. The average Bonchev–Trinajstić information content (AvgIpc) is 2.68. The quantitative estimate of drug-likeness (QED) is 0.771. The smallest absolute Gasteiger partial charge is 0.0960 e. The van der Waals surface area contributed by atoms with Crippen molar-refractivity contribution in [3.05, 3.63) is 11.9 Å². The molecule has 1 aliphatic rings. The Morgan fingerprint density at radius 3 is 2.60 bits per heavy atom. The van der Waals surface area contributed by atoms with E-state index in [4.69, 9.17) is 0 Å². The van der Waals surface area contributed by atoms with Crippen LogP contribution in [0.1, 0.15) is 56.1 Å². The molecule has 0 saturated heterocycles. The Labute approximate surface area is 99.4 Å². The maximum Gasteiger partial charge on any atom is 0.0960 e. The number of halogens is 1. The van der Waals surface area contributed by atoms with E-state index < -0.39 is 0 Å². The average molecular weight is 272 g/mol. The van der Waals surface area contributed by atoms with E-state index in [2.05, 4.69) is 51.0 Å². The van der Waals surface area contributed by atoms with Crippen molar-refractivity contribution in [3.63, 3.8) is 0 Å². The SMILES string of the molecule is CC1CCC(n2cc(C(C)Br)nn2)CC1. The van der Waals surface area contributed by atoms with Gasteiger partial charge in [0, 0.05) is 6.20 Å². The van der Waals surface area contributed by atoms with Gasteiger partial charge in [-0.2, -0.15) is 0 Å². The third-order valence-corrected chi connectivity index (χ3v) is 3.76. The largest absolute Gasteiger partial charge is 0.249 e. The van der Waals surface area contributed by atoms with Gasteiger partial charge in [0.05, 0.1) is 16.6 Å². The van der Waals surface area contributed by atoms with Crippen molar-refractivity contribution in [1.82, 2.24) is 15.0 Å². The normalized spacial score (nSPS) is 29.0. The van der Waals surface area contributed by atoms with Crippen molar-refractivity contribution >= 4 is 15.9 Å². The summed E-state index contributed by atoms with van der Waals surface area (Å²) in [6, 6.07) is 0.577. The minimum absolute atomic E-state index is 0.300. The van der Waals surface area contributed by atoms with Crippen molar-refractivity contribution in [2.24, 2.45) is 5.92 Å². The molecule has 1 aromatic heterocycles. The molecule has 0 radical (unpaired) electrons. The van der Waals surface area contributed by atoms with Crippen LogP contribution in [0.4, 0.5) is 0 Å². The number of aromatic nitrogens is 3. The number of nitrogens with zero attached hydrogens (tertiary/aromatic N) is 3. The van der Waals surface area contributed by atoms with Gasteiger partial charge in [-0.1, -0.05) is 28.1 Å². The maximum atomic E-state index is 4.22. The van der Waals surface area contributed by atoms with E-state index >= 15 is 0 Å². The van der Waals surface area contributed by atoms with Gasteiger partial charge in [-0.3, -0.25) is 0 Å². The molecule has 1 aliphatic carbocycles. The van der Waals surface area contributed by atoms with Gasteiger partial charge >= 0.3 is 0 Å². The Morgan fingerprint density at radius 2 is 2.07 bits per heavy atom. The molecule has 15 heavy (non-hydrogen) atoms. The second-order valence-electron chi connectivity index (χ2n) is 4.65. The molecule has 0 aromatic carbocycles. The van der Waals surface area contributed by atoms with Gasteiger partial charge in [-0.15, -0.1) is 5.10 Å². The van der Waals surface area contributed by atoms with Gasteiger partial charge < -0.3 is 0 Å². The summed E-state index contributed by atoms with van der Waals surface area (Å²) in [5.41, 5.74) is 1.04. The topological polar surface area (TPSA) is 30.7 Å². The minimum Gasteiger partial charge on any atom is -0.249 e. The van der Waals surface area contributed by atoms with Crippen molar-refractivity contribution in [2.75, 3.05) is 0 Å². The van der Waals surface area contributed by atoms with Crippen LogP contribution >= 0.6 is 15.9 Å². The first-order chi connectivity index (χ1) is 7.16. The molecule has 1 fully saturated rings. The minimum atomic E-state index is 0.300. The monoisotopic (exact) mass is 271 g/mol. The van der Waals surface area contributed by atoms with Crippen LogP contribution in [0.3, 0.4) is 0 Å². The third kappa shape index (κ3) is 2.60. The highest BCUT2D eigenvalue weighted by molar-refractivity contribution is 9.09. The van der Waals surface area contributed by atoms with Crippen LogP contribution < -0.4 is 0 Å². The van der Waals surface area contributed by atoms with E-state index in [1.807, 2.05) is 0 Å². The lowest BCUT2D eigenvalue weighted by atomic mass is 9.87. The van der Waals surface area contributed by atoms with Gasteiger partial charge in [0.25, 0.3) is 0 Å². The lowest BCUT2D eigenvalue weighted by Gasteiger charge is -2.25. The summed E-state index contributed by atoms with van der Waals surface area (Å²) < 4.78 is 2.05. The first-order valence-electron chi connectivity index (χ1n) is 5.72. The van der Waals surface area contributed by atoms with E-state index in [9.17, 15) is 0 Å². The Morgan fingerprint density at radius 1 is 1.40 bits per heavy atom. The molecule has 1 atom stereocenters. The highest BCUT2D eigenvalue weighted by Gasteiger charge is 2.21. The van der Waals surface area contributed by atoms with Crippen molar-refractivity contribution in [2.45, 2.75) is 50.4 Å². The predicted molar refractivity (Wildman–Crippen MR) is 64.0 cm³/mol. The molecule has 0 N–H and O–H groups in total. The third-order valence-electron chi connectivity index (χ3n) is 3.30. The first kappa shape index (κ1) is 11.1. The second-order valence-corrected chi connectivity index (χ2v) is 6.03. The van der Waals surface area contributed by atoms with Crippen LogP contribution in [0.15, 0.2) is 6.20 Å². The maximum absolute atomic E-state index is 4.22. The molecular formula is C11H18BrN3. The molecule has 0 bridgehead atoms. The van der Waals surface area contributed by atoms with E-state index in [1.54, 1.807) is 0 Å². The lowest BCUT2D eigenvalue weighted by molar-refractivity contribution is 0.270. The zero-order valence-corrected chi connectivity index (χ0v) is 10.9. The molecule has 0 spiro atoms. The summed E-state index contributed by atoms with van der Waals surface area (Å²) in [4.78, 5) is 0.300. The van der Waals surface area contributed by atoms with Crippen LogP contribution in [-0.4, -0.2) is 15.0 Å². The predicted octanol–water partition coefficient (Wildman–Crippen LogP) is 3.49. The lowest BCUT2D eigenvalue weighted by Crippen LogP contribution is -2.17. The summed E-state index contributed by atoms with van der Waals surface area (Å²) in [6.07, 6.45) is 7.23. The van der Waals surface area contributed by atoms with Gasteiger partial charge in [0.15, 0.2) is 0 Å². The van der Waals surface area contributed by atoms with Gasteiger partial charge in [0.2, 0.25) is 0 Å². The molecule has 1 heterocycles. The zero-order chi connectivity index (χ0) is 10.8. The fraction of sp³-hybridized carbons (Fsp3) is 0.818. The number of rotatable bonds is 2. The number of hydrogen-bond donors (Lipinski definition) is 0. The zero-order valence-electron chi connectivity index (χ0n) is 9.36. The summed E-state index contributed by atoms with van der Waals surface area (Å²) in [5, 5.41) is 8.40. The summed E-state index contributed by atoms with van der Waals surface area (Å²) in [5.74, 6) is 0.888. The number of alkyl halides is 1. The molecule has 1 aromatic rings. The fourth-order valence-electron chi connectivity index (χ4n) is 2.16. The van der Waals surface area contributed by atoms with Crippen LogP contribution in [0, 0.1) is 5.92 Å². The highest BCUT2D eigenvalue weighted by Crippen LogP contribution is 2.31. The molecule has 2 rings (SSSR count). The molecule has 0 aliphatic heterocycles. The van der Waals surface area contributed by atoms with E-state index in [1.165, 1.54) is 25.7 Å². The summed E-state index contributed by atoms with van der Waals surface area (Å²) in [6.45, 7) is 4.42. The Hall–Kier alpha value is -0.380. The van der Waals surface area contributed by atoms with Crippen molar-refractivity contribution < 1.29 is 0 Å². The molecule has 0 amide bonds. The standard InChI is InChI=1S/C11H18BrN3/c1-8-3-5-10(6-4-8)15-7-11(9(2)12)13-14-15/h7-10H,3-6H2,1-2H3. The van der Waals surface area contributed by atoms with Crippen molar-refractivity contribution in [3.8, 4) is 0 Å². The van der Waals surface area contributed by atoms with Crippen LogP contribution in [0.5, 0.6) is 0 Å². The van der Waals surface area contributed by atoms with Gasteiger partial charge in [0.1, 0.15) is 0 Å². The molecule has 84 valence electrons. The van der Waals surface area contributed by atoms with Gasteiger partial charge in [-0.05, 0) is 38.5 Å². The van der Waals surface area contributed by atoms with Crippen LogP contribution in [-0.2, 0) is 0 Å². The molecule has 4 heteroatoms. The second kappa shape index (κ2) is 4.64. The molecule has 3 nitrogen and oxygen atoms in total. The fourth-order valence-corrected chi connectivity index (χ4v) is 2.37. The first-order valence-corrected chi connectivity index (χ1v) is 6.64. The van der Waals surface area contributed by atoms with Crippen molar-refractivity contribution in [1.29, 1.82) is 0 Å². The Balaban J connectivity index is 2.03. The molecule has 1 unspecified atom stereocenters. The summed E-state index contributed by atoms with van der Waals surface area (Å²) >= 11 is 3.51. The highest BCUT2D eigenvalue weighted by atomic mass is 79.9. The Kier molecular flexibility index (Phi) is 3.44. The van der Waals surface area contributed by atoms with Crippen LogP contribution in [0.25, 0.3) is 0 Å².